The lowest BCUT2D eigenvalue weighted by Crippen LogP contribution is -2.39. The van der Waals surface area contributed by atoms with E-state index in [9.17, 15) is 9.59 Å². The molecule has 1 fully saturated rings. The van der Waals surface area contributed by atoms with E-state index in [0.717, 1.165) is 0 Å². The number of carbonyl (C=O) groups is 2. The maximum Gasteiger partial charge on any atom is 0.225 e. The second-order valence-corrected chi connectivity index (χ2v) is 7.26. The predicted octanol–water partition coefficient (Wildman–Crippen LogP) is 1.72. The van der Waals surface area contributed by atoms with Gasteiger partial charge in [-0.1, -0.05) is 6.07 Å². The fraction of sp³-hybridized carbons (Fsp3) is 0.625. The second kappa shape index (κ2) is 7.24. The van der Waals surface area contributed by atoms with E-state index < -0.39 is 0 Å². The second-order valence-electron chi connectivity index (χ2n) is 6.28. The molecule has 0 radical (unpaired) electrons. The summed E-state index contributed by atoms with van der Waals surface area (Å²) < 4.78 is 0. The van der Waals surface area contributed by atoms with Crippen molar-refractivity contribution in [2.75, 3.05) is 27.2 Å². The minimum atomic E-state index is -0.221. The first-order chi connectivity index (χ1) is 10.4. The average Bonchev–Trinajstić information content (AvgIpc) is 3.07. The van der Waals surface area contributed by atoms with Gasteiger partial charge in [-0.15, -0.1) is 11.3 Å². The van der Waals surface area contributed by atoms with Crippen LogP contribution in [0.5, 0.6) is 0 Å². The Labute approximate surface area is 136 Å². The first-order valence-corrected chi connectivity index (χ1v) is 8.55. The molecule has 0 bridgehead atoms. The normalized spacial score (nSPS) is 20.0. The number of hydrogen-bond acceptors (Lipinski definition) is 4. The molecule has 1 aliphatic rings. The summed E-state index contributed by atoms with van der Waals surface area (Å²) in [6, 6.07) is 4.43. The number of thiophene rings is 1. The smallest absolute Gasteiger partial charge is 0.225 e. The number of rotatable bonds is 6. The highest BCUT2D eigenvalue weighted by atomic mass is 32.1. The molecule has 1 N–H and O–H groups in total. The molecule has 2 heterocycles. The first kappa shape index (κ1) is 17.0. The van der Waals surface area contributed by atoms with E-state index in [1.165, 1.54) is 4.88 Å². The molecule has 6 heteroatoms. The van der Waals surface area contributed by atoms with Gasteiger partial charge < -0.3 is 15.1 Å². The van der Waals surface area contributed by atoms with Crippen LogP contribution >= 0.6 is 11.3 Å². The standard InChI is InChI=1S/C16H25N3O2S/c1-11(2)19-10-12(8-15(19)20)16(21)17-9-13(18(3)4)14-6-5-7-22-14/h5-7,11-13H,8-10H2,1-4H3,(H,17,21)/t12-,13-/m0/s1. The molecular weight excluding hydrogens is 298 g/mol. The van der Waals surface area contributed by atoms with Crippen LogP contribution in [0.2, 0.25) is 0 Å². The van der Waals surface area contributed by atoms with Gasteiger partial charge in [0, 0.05) is 30.4 Å². The Morgan fingerprint density at radius 2 is 2.23 bits per heavy atom. The van der Waals surface area contributed by atoms with Crippen molar-refractivity contribution in [1.82, 2.24) is 15.1 Å². The van der Waals surface area contributed by atoms with Crippen molar-refractivity contribution >= 4 is 23.2 Å². The van der Waals surface area contributed by atoms with E-state index in [1.54, 1.807) is 16.2 Å². The lowest BCUT2D eigenvalue weighted by Gasteiger charge is -2.24. The Hall–Kier alpha value is -1.40. The van der Waals surface area contributed by atoms with Crippen LogP contribution in [0.3, 0.4) is 0 Å². The van der Waals surface area contributed by atoms with E-state index in [0.29, 0.717) is 19.5 Å². The van der Waals surface area contributed by atoms with Crippen LogP contribution < -0.4 is 5.32 Å². The van der Waals surface area contributed by atoms with Crippen molar-refractivity contribution in [3.05, 3.63) is 22.4 Å². The Morgan fingerprint density at radius 1 is 1.50 bits per heavy atom. The molecule has 5 nitrogen and oxygen atoms in total. The lowest BCUT2D eigenvalue weighted by molar-refractivity contribution is -0.130. The number of likely N-dealkylation sites (tertiary alicyclic amines) is 1. The highest BCUT2D eigenvalue weighted by Gasteiger charge is 2.35. The predicted molar refractivity (Wildman–Crippen MR) is 88.7 cm³/mol. The highest BCUT2D eigenvalue weighted by Crippen LogP contribution is 2.23. The number of amides is 2. The Kier molecular flexibility index (Phi) is 5.58. The lowest BCUT2D eigenvalue weighted by atomic mass is 10.1. The van der Waals surface area contributed by atoms with Crippen molar-refractivity contribution in [1.29, 1.82) is 0 Å². The topological polar surface area (TPSA) is 52.7 Å². The molecule has 0 aromatic carbocycles. The van der Waals surface area contributed by atoms with Crippen molar-refractivity contribution < 1.29 is 9.59 Å². The third-order valence-electron chi connectivity index (χ3n) is 4.12. The Morgan fingerprint density at radius 3 is 2.73 bits per heavy atom. The van der Waals surface area contributed by atoms with Crippen molar-refractivity contribution in [2.45, 2.75) is 32.4 Å². The maximum atomic E-state index is 12.4. The summed E-state index contributed by atoms with van der Waals surface area (Å²) in [6.45, 7) is 5.07. The maximum absolute atomic E-state index is 12.4. The van der Waals surface area contributed by atoms with E-state index in [2.05, 4.69) is 16.3 Å². The van der Waals surface area contributed by atoms with E-state index in [4.69, 9.17) is 0 Å². The summed E-state index contributed by atoms with van der Waals surface area (Å²) in [7, 11) is 4.02. The van der Waals surface area contributed by atoms with E-state index in [-0.39, 0.29) is 29.8 Å². The van der Waals surface area contributed by atoms with Gasteiger partial charge >= 0.3 is 0 Å². The van der Waals surface area contributed by atoms with Crippen molar-refractivity contribution in [3.63, 3.8) is 0 Å². The first-order valence-electron chi connectivity index (χ1n) is 7.67. The van der Waals surface area contributed by atoms with Gasteiger partial charge in [-0.05, 0) is 39.4 Å². The van der Waals surface area contributed by atoms with E-state index in [1.807, 2.05) is 39.4 Å². The highest BCUT2D eigenvalue weighted by molar-refractivity contribution is 7.10. The molecule has 1 saturated heterocycles. The number of nitrogens with zero attached hydrogens (tertiary/aromatic N) is 2. The summed E-state index contributed by atoms with van der Waals surface area (Å²) >= 11 is 1.69. The van der Waals surface area contributed by atoms with Crippen molar-refractivity contribution in [3.8, 4) is 0 Å². The molecule has 0 unspecified atom stereocenters. The van der Waals surface area contributed by atoms with Crippen LogP contribution in [0.4, 0.5) is 0 Å². The molecule has 1 aromatic heterocycles. The zero-order chi connectivity index (χ0) is 16.3. The average molecular weight is 323 g/mol. The van der Waals surface area contributed by atoms with Crippen molar-refractivity contribution in [2.24, 2.45) is 5.92 Å². The summed E-state index contributed by atoms with van der Waals surface area (Å²) in [6.07, 6.45) is 0.329. The minimum Gasteiger partial charge on any atom is -0.354 e. The number of carbonyl (C=O) groups excluding carboxylic acids is 2. The minimum absolute atomic E-state index is 0.0140. The van der Waals surface area contributed by atoms with Gasteiger partial charge in [0.05, 0.1) is 12.0 Å². The summed E-state index contributed by atoms with van der Waals surface area (Å²) in [5, 5.41) is 5.07. The SMILES string of the molecule is CC(C)N1C[C@@H](C(=O)NC[C@@H](c2cccs2)N(C)C)CC1=O. The van der Waals surface area contributed by atoms with Crippen LogP contribution in [0.1, 0.15) is 31.2 Å². The molecule has 1 aliphatic heterocycles. The molecule has 2 atom stereocenters. The molecule has 1 aromatic rings. The fourth-order valence-electron chi connectivity index (χ4n) is 2.77. The van der Waals surface area contributed by atoms with Gasteiger partial charge in [-0.3, -0.25) is 9.59 Å². The van der Waals surface area contributed by atoms with Crippen LogP contribution in [0.25, 0.3) is 0 Å². The summed E-state index contributed by atoms with van der Waals surface area (Å²) in [4.78, 5) is 29.4. The molecule has 0 spiro atoms. The van der Waals surface area contributed by atoms with Crippen LogP contribution in [0, 0.1) is 5.92 Å². The molecule has 2 amide bonds. The zero-order valence-electron chi connectivity index (χ0n) is 13.7. The number of likely N-dealkylation sites (N-methyl/N-ethyl adjacent to an activating group) is 1. The van der Waals surface area contributed by atoms with Crippen LogP contribution in [-0.4, -0.2) is 54.8 Å². The van der Waals surface area contributed by atoms with Crippen LogP contribution in [-0.2, 0) is 9.59 Å². The van der Waals surface area contributed by atoms with E-state index >= 15 is 0 Å². The molecular formula is C16H25N3O2S. The largest absolute Gasteiger partial charge is 0.354 e. The third kappa shape index (κ3) is 3.87. The van der Waals surface area contributed by atoms with Gasteiger partial charge in [-0.25, -0.2) is 0 Å². The fourth-order valence-corrected chi connectivity index (χ4v) is 3.69. The molecule has 2 rings (SSSR count). The number of hydrogen-bond donors (Lipinski definition) is 1. The summed E-state index contributed by atoms with van der Waals surface area (Å²) in [5.74, 6) is -0.154. The van der Waals surface area contributed by atoms with Gasteiger partial charge in [0.1, 0.15) is 0 Å². The van der Waals surface area contributed by atoms with Gasteiger partial charge in [-0.2, -0.15) is 0 Å². The molecule has 122 valence electrons. The van der Waals surface area contributed by atoms with Crippen LogP contribution in [0.15, 0.2) is 17.5 Å². The van der Waals surface area contributed by atoms with Gasteiger partial charge in [0.2, 0.25) is 11.8 Å². The van der Waals surface area contributed by atoms with Gasteiger partial charge in [0.15, 0.2) is 0 Å². The Bertz CT molecular complexity index is 513. The third-order valence-corrected chi connectivity index (χ3v) is 5.09. The molecule has 0 saturated carbocycles. The van der Waals surface area contributed by atoms with Gasteiger partial charge in [0.25, 0.3) is 0 Å². The zero-order valence-corrected chi connectivity index (χ0v) is 14.5. The monoisotopic (exact) mass is 323 g/mol. The molecule has 22 heavy (non-hydrogen) atoms. The Balaban J connectivity index is 1.91. The number of nitrogens with one attached hydrogen (secondary N) is 1. The molecule has 0 aliphatic carbocycles. The summed E-state index contributed by atoms with van der Waals surface area (Å²) in [5.41, 5.74) is 0. The quantitative estimate of drug-likeness (QED) is 0.867.